The summed E-state index contributed by atoms with van der Waals surface area (Å²) in [5.41, 5.74) is 0.862. The van der Waals surface area contributed by atoms with E-state index in [1.165, 1.54) is 60.7 Å². The Kier molecular flexibility index (Phi) is 20.9. The zero-order valence-electron chi connectivity index (χ0n) is 50.5. The molecule has 6 unspecified atom stereocenters. The van der Waals surface area contributed by atoms with E-state index < -0.39 is 159 Å². The van der Waals surface area contributed by atoms with Crippen molar-refractivity contribution in [1.29, 1.82) is 0 Å². The zero-order valence-corrected chi connectivity index (χ0v) is 50.5. The van der Waals surface area contributed by atoms with E-state index in [2.05, 4.69) is 0 Å². The summed E-state index contributed by atoms with van der Waals surface area (Å²) in [5.74, 6) is -8.26. The summed E-state index contributed by atoms with van der Waals surface area (Å²) in [7, 11) is 0. The molecule has 22 heteroatoms. The van der Waals surface area contributed by atoms with Crippen LogP contribution in [0, 0.1) is 5.92 Å². The zero-order chi connectivity index (χ0) is 65.0. The Morgan fingerprint density at radius 2 is 0.731 bits per heavy atom. The van der Waals surface area contributed by atoms with Crippen LogP contribution in [0.3, 0.4) is 0 Å². The van der Waals surface area contributed by atoms with Crippen LogP contribution in [0.25, 0.3) is 0 Å². The third-order valence-corrected chi connectivity index (χ3v) is 15.7. The lowest BCUT2D eigenvalue weighted by Crippen LogP contribution is -2.63. The highest BCUT2D eigenvalue weighted by Gasteiger charge is 2.61. The maximum Gasteiger partial charge on any atom is 0.338 e. The Labute approximate surface area is 534 Å². The van der Waals surface area contributed by atoms with E-state index in [9.17, 15) is 38.7 Å². The Hall–Kier alpha value is -9.49. The maximum absolute atomic E-state index is 14.4. The number of hydrogen-bond acceptors (Lipinski definition) is 22. The van der Waals surface area contributed by atoms with E-state index in [4.69, 9.17) is 66.3 Å². The van der Waals surface area contributed by atoms with Crippen LogP contribution >= 0.6 is 0 Å². The van der Waals surface area contributed by atoms with E-state index in [1.54, 1.807) is 172 Å². The lowest BCUT2D eigenvalue weighted by atomic mass is 9.90. The lowest BCUT2D eigenvalue weighted by Gasteiger charge is -2.45. The Morgan fingerprint density at radius 1 is 0.398 bits per heavy atom. The van der Waals surface area contributed by atoms with Gasteiger partial charge >= 0.3 is 41.8 Å². The molecule has 4 aliphatic heterocycles. The van der Waals surface area contributed by atoms with Crippen LogP contribution in [0.5, 0.6) is 0 Å². The molecule has 4 aliphatic rings. The number of aliphatic hydroxyl groups excluding tert-OH is 1. The number of ether oxygens (including phenoxy) is 14. The molecular weight excluding hydrogens is 1200 g/mol. The summed E-state index contributed by atoms with van der Waals surface area (Å²) in [4.78, 5) is 98.3. The molecule has 0 amide bonds. The Bertz CT molecular complexity index is 3660. The van der Waals surface area contributed by atoms with Crippen LogP contribution < -0.4 is 0 Å². The number of aliphatic hydroxyl groups is 1. The topological polar surface area (TPSA) is 269 Å². The van der Waals surface area contributed by atoms with Crippen molar-refractivity contribution in [1.82, 2.24) is 0 Å². The fourth-order valence-electron chi connectivity index (χ4n) is 11.1. The van der Waals surface area contributed by atoms with Crippen molar-refractivity contribution >= 4 is 41.8 Å². The normalized spacial score (nSPS) is 26.4. The van der Waals surface area contributed by atoms with Crippen LogP contribution in [-0.4, -0.2) is 159 Å². The van der Waals surface area contributed by atoms with Gasteiger partial charge in [0, 0.05) is 5.92 Å². The summed E-state index contributed by atoms with van der Waals surface area (Å²) >= 11 is 0. The molecule has 4 heterocycles. The summed E-state index contributed by atoms with van der Waals surface area (Å²) in [6.45, 7) is 2.92. The number of hydrogen-bond donors (Lipinski definition) is 1. The van der Waals surface area contributed by atoms with Crippen molar-refractivity contribution in [2.75, 3.05) is 19.8 Å². The molecule has 7 aromatic carbocycles. The molecule has 0 radical (unpaired) electrons. The second-order valence-electron chi connectivity index (χ2n) is 22.6. The molecule has 7 aromatic rings. The highest BCUT2D eigenvalue weighted by molar-refractivity contribution is 5.93. The van der Waals surface area contributed by atoms with E-state index >= 15 is 0 Å². The average molecular weight is 1270 g/mol. The van der Waals surface area contributed by atoms with Crippen molar-refractivity contribution in [2.45, 2.75) is 113 Å². The Balaban J connectivity index is 0.932. The van der Waals surface area contributed by atoms with E-state index in [-0.39, 0.29) is 38.9 Å². The van der Waals surface area contributed by atoms with Gasteiger partial charge in [0.25, 0.3) is 0 Å². The molecule has 0 spiro atoms. The van der Waals surface area contributed by atoms with Crippen LogP contribution in [0.1, 0.15) is 93.3 Å². The number of rotatable bonds is 22. The molecule has 93 heavy (non-hydrogen) atoms. The van der Waals surface area contributed by atoms with Crippen molar-refractivity contribution < 1.29 is 105 Å². The molecule has 1 N–H and O–H groups in total. The van der Waals surface area contributed by atoms with Gasteiger partial charge in [-0.3, -0.25) is 0 Å². The van der Waals surface area contributed by atoms with Gasteiger partial charge in [-0.2, -0.15) is 0 Å². The smallest absolute Gasteiger partial charge is 0.338 e. The van der Waals surface area contributed by atoms with Crippen molar-refractivity contribution in [3.05, 3.63) is 251 Å². The second-order valence-corrected chi connectivity index (χ2v) is 22.6. The van der Waals surface area contributed by atoms with Gasteiger partial charge in [-0.25, -0.2) is 33.6 Å². The Morgan fingerprint density at radius 3 is 1.14 bits per heavy atom. The fourth-order valence-corrected chi connectivity index (χ4v) is 11.1. The molecule has 0 aromatic heterocycles. The highest BCUT2D eigenvalue weighted by Crippen LogP contribution is 2.43. The first-order valence-corrected chi connectivity index (χ1v) is 30.1. The fraction of sp³-hybridized carbons (Fsp3) is 0.310. The number of carbonyl (C=O) groups is 7. The lowest BCUT2D eigenvalue weighted by molar-refractivity contribution is -0.319. The molecule has 22 nitrogen and oxygen atoms in total. The minimum absolute atomic E-state index is 0.0410. The minimum Gasteiger partial charge on any atom is -0.459 e. The largest absolute Gasteiger partial charge is 0.459 e. The van der Waals surface area contributed by atoms with E-state index in [1.807, 2.05) is 0 Å². The monoisotopic (exact) mass is 1270 g/mol. The summed E-state index contributed by atoms with van der Waals surface area (Å²) in [6, 6.07) is 55.8. The maximum atomic E-state index is 14.4. The predicted molar refractivity (Wildman–Crippen MR) is 324 cm³/mol. The molecule has 4 fully saturated rings. The summed E-state index contributed by atoms with van der Waals surface area (Å²) in [6.07, 6.45) is -21.6. The third kappa shape index (κ3) is 15.9. The molecule has 15 atom stereocenters. The molecule has 11 rings (SSSR count). The van der Waals surface area contributed by atoms with Gasteiger partial charge in [-0.15, -0.1) is 0 Å². The van der Waals surface area contributed by atoms with Gasteiger partial charge in [0.1, 0.15) is 55.9 Å². The summed E-state index contributed by atoms with van der Waals surface area (Å²) < 4.78 is 88.5. The predicted octanol–water partition coefficient (Wildman–Crippen LogP) is 8.55. The molecule has 0 aliphatic carbocycles. The van der Waals surface area contributed by atoms with Gasteiger partial charge in [-0.1, -0.05) is 134 Å². The average Bonchev–Trinajstić information content (AvgIpc) is 1.65. The SMILES string of the molecule is C[C@@H]1C(OC(=O)c2ccccc2)[C@H](O[C@H]2C3OC(C)(C)O[C@H]3O[C@@H]2C(O)CO[C@@H]2OC(COC(=O)c3ccccc3)[C@@H](OC(=O)c3ccccc3)[C@H](OC(=O)c3ccccc3)C2OC(=O)c2ccccc2)OC(COC(=O)c2ccccc2)[C@H]1OC(=O)c1ccccc1. The molecular formula is C71H66O22. The van der Waals surface area contributed by atoms with Crippen molar-refractivity contribution in [3.63, 3.8) is 0 Å². The highest BCUT2D eigenvalue weighted by atomic mass is 16.9. The first-order valence-electron chi connectivity index (χ1n) is 30.1. The van der Waals surface area contributed by atoms with Crippen LogP contribution in [0.2, 0.25) is 0 Å². The van der Waals surface area contributed by atoms with Crippen LogP contribution in [-0.2, 0) is 66.3 Å². The second kappa shape index (κ2) is 29.9. The third-order valence-electron chi connectivity index (χ3n) is 15.7. The van der Waals surface area contributed by atoms with Gasteiger partial charge < -0.3 is 71.4 Å². The first-order chi connectivity index (χ1) is 45.1. The quantitative estimate of drug-likeness (QED) is 0.0491. The number of fused-ring (bicyclic) bond motifs is 1. The number of esters is 7. The minimum atomic E-state index is -1.86. The van der Waals surface area contributed by atoms with E-state index in [0.29, 0.717) is 0 Å². The first kappa shape index (κ1) is 65.0. The van der Waals surface area contributed by atoms with Crippen molar-refractivity contribution in [3.8, 4) is 0 Å². The van der Waals surface area contributed by atoms with Crippen LogP contribution in [0.15, 0.2) is 212 Å². The molecule has 0 bridgehead atoms. The van der Waals surface area contributed by atoms with Crippen molar-refractivity contribution in [2.24, 2.45) is 5.92 Å². The van der Waals surface area contributed by atoms with Gasteiger partial charge in [-0.05, 0) is 98.8 Å². The standard InChI is InChI=1S/C71H66O22/c1-42-53(85-63(75)45-29-15-6-16-30-45)51(40-80-61(73)43-25-11-4-12-26-43)84-69(54(42)86-64(76)46-31-17-7-18-32-46)91-57-55(90-70-60(57)92-71(2,3)93-70)50(72)39-82-68-59(89-67(79)49-37-23-10-24-38-49)58(88-66(78)48-35-21-9-22-36-48)56(87-65(77)47-33-19-8-20-34-47)52(83-68)41-81-62(74)44-27-13-5-14-28-44/h4-38,42,50-60,68-70,72H,39-41H2,1-3H3/t42-,50?,51?,52?,53-,54?,55+,56+,57+,58-,59?,60?,68+,69-,70+/m0/s1. The van der Waals surface area contributed by atoms with Gasteiger partial charge in [0.05, 0.1) is 45.6 Å². The number of benzene rings is 7. The van der Waals surface area contributed by atoms with E-state index in [0.717, 1.165) is 0 Å². The summed E-state index contributed by atoms with van der Waals surface area (Å²) in [5, 5.41) is 12.6. The number of carbonyl (C=O) groups excluding carboxylic acids is 7. The van der Waals surface area contributed by atoms with Gasteiger partial charge in [0.2, 0.25) is 0 Å². The molecule has 0 saturated carbocycles. The molecule has 482 valence electrons. The molecule has 4 saturated heterocycles. The van der Waals surface area contributed by atoms with Crippen LogP contribution in [0.4, 0.5) is 0 Å². The van der Waals surface area contributed by atoms with Gasteiger partial charge in [0.15, 0.2) is 49.1 Å².